The normalized spacial score (nSPS) is 18.2. The fourth-order valence-corrected chi connectivity index (χ4v) is 0.677. The summed E-state index contributed by atoms with van der Waals surface area (Å²) in [6.45, 7) is 5.42. The Morgan fingerprint density at radius 3 is 2.50 bits per heavy atom. The first-order chi connectivity index (χ1) is 5.61. The minimum atomic E-state index is -0.450. The Hall–Kier alpha value is -0.700. The lowest BCUT2D eigenvalue weighted by Crippen LogP contribution is -2.20. The number of allylic oxidation sites excluding steroid dienone is 2. The van der Waals surface area contributed by atoms with Crippen molar-refractivity contribution in [2.24, 2.45) is 4.99 Å². The van der Waals surface area contributed by atoms with Gasteiger partial charge in [-0.25, -0.2) is 0 Å². The first-order valence-corrected chi connectivity index (χ1v) is 4.00. The molecule has 0 aromatic heterocycles. The average Bonchev–Trinajstić information content (AvgIpc) is 2.03. The standard InChI is InChI=1S/C9H16FNO/c1-5-6-9(10)11-7(2)8(3)12-4/h5-8H,1-4H3/b6-5-,11-9?/t7?,8-/m0/s1. The molecule has 0 aliphatic heterocycles. The van der Waals surface area contributed by atoms with Gasteiger partial charge in [0.1, 0.15) is 0 Å². The summed E-state index contributed by atoms with van der Waals surface area (Å²) in [6.07, 6.45) is 2.89. The summed E-state index contributed by atoms with van der Waals surface area (Å²) < 4.78 is 17.8. The Balaban J connectivity index is 4.12. The predicted molar refractivity (Wildman–Crippen MR) is 49.3 cm³/mol. The van der Waals surface area contributed by atoms with Crippen molar-refractivity contribution in [3.8, 4) is 0 Å². The average molecular weight is 173 g/mol. The summed E-state index contributed by atoms with van der Waals surface area (Å²) in [5.74, 6) is -0.450. The fraction of sp³-hybridized carbons (Fsp3) is 0.667. The van der Waals surface area contributed by atoms with E-state index in [9.17, 15) is 4.39 Å². The van der Waals surface area contributed by atoms with Crippen molar-refractivity contribution in [1.29, 1.82) is 0 Å². The number of nitrogens with zero attached hydrogens (tertiary/aromatic N) is 1. The maximum absolute atomic E-state index is 12.8. The zero-order valence-electron chi connectivity index (χ0n) is 8.04. The third-order valence-electron chi connectivity index (χ3n) is 1.68. The summed E-state index contributed by atoms with van der Waals surface area (Å²) >= 11 is 0. The van der Waals surface area contributed by atoms with Gasteiger partial charge in [0, 0.05) is 7.11 Å². The first kappa shape index (κ1) is 11.3. The first-order valence-electron chi connectivity index (χ1n) is 4.00. The summed E-state index contributed by atoms with van der Waals surface area (Å²) in [4.78, 5) is 3.78. The van der Waals surface area contributed by atoms with Crippen LogP contribution < -0.4 is 0 Å². The van der Waals surface area contributed by atoms with E-state index in [1.54, 1.807) is 20.1 Å². The van der Waals surface area contributed by atoms with E-state index in [0.717, 1.165) is 0 Å². The van der Waals surface area contributed by atoms with Gasteiger partial charge in [-0.05, 0) is 26.8 Å². The van der Waals surface area contributed by atoms with Crippen molar-refractivity contribution in [2.45, 2.75) is 32.9 Å². The molecule has 0 bridgehead atoms. The third kappa shape index (κ3) is 4.23. The van der Waals surface area contributed by atoms with Crippen LogP contribution in [0.4, 0.5) is 4.39 Å². The van der Waals surface area contributed by atoms with Crippen LogP contribution >= 0.6 is 0 Å². The van der Waals surface area contributed by atoms with E-state index in [4.69, 9.17) is 4.74 Å². The minimum Gasteiger partial charge on any atom is -0.380 e. The molecule has 0 spiro atoms. The van der Waals surface area contributed by atoms with Crippen LogP contribution in [0.2, 0.25) is 0 Å². The van der Waals surface area contributed by atoms with Gasteiger partial charge in [-0.2, -0.15) is 4.39 Å². The van der Waals surface area contributed by atoms with E-state index in [1.807, 2.05) is 13.8 Å². The van der Waals surface area contributed by atoms with Crippen LogP contribution in [0.25, 0.3) is 0 Å². The van der Waals surface area contributed by atoms with Crippen LogP contribution in [0.3, 0.4) is 0 Å². The molecule has 0 saturated carbocycles. The van der Waals surface area contributed by atoms with Crippen molar-refractivity contribution in [2.75, 3.05) is 7.11 Å². The molecule has 0 N–H and O–H groups in total. The van der Waals surface area contributed by atoms with Crippen molar-refractivity contribution in [1.82, 2.24) is 0 Å². The molecule has 0 fully saturated rings. The van der Waals surface area contributed by atoms with E-state index in [0.29, 0.717) is 0 Å². The molecule has 0 aliphatic rings. The molecule has 0 aromatic rings. The lowest BCUT2D eigenvalue weighted by Gasteiger charge is -2.13. The smallest absolute Gasteiger partial charge is 0.208 e. The zero-order valence-corrected chi connectivity index (χ0v) is 8.04. The number of halogens is 1. The number of rotatable bonds is 4. The molecule has 0 aromatic carbocycles. The molecule has 0 aliphatic carbocycles. The molecular weight excluding hydrogens is 157 g/mol. The Kier molecular flexibility index (Phi) is 5.54. The van der Waals surface area contributed by atoms with Gasteiger partial charge in [0.25, 0.3) is 0 Å². The highest BCUT2D eigenvalue weighted by atomic mass is 19.1. The van der Waals surface area contributed by atoms with Gasteiger partial charge in [-0.15, -0.1) is 0 Å². The van der Waals surface area contributed by atoms with E-state index in [2.05, 4.69) is 4.99 Å². The van der Waals surface area contributed by atoms with Crippen LogP contribution in [0.15, 0.2) is 17.1 Å². The molecule has 12 heavy (non-hydrogen) atoms. The monoisotopic (exact) mass is 173 g/mol. The lowest BCUT2D eigenvalue weighted by molar-refractivity contribution is 0.101. The van der Waals surface area contributed by atoms with E-state index in [-0.39, 0.29) is 12.1 Å². The molecule has 3 heteroatoms. The summed E-state index contributed by atoms with van der Waals surface area (Å²) in [5, 5.41) is 0. The summed E-state index contributed by atoms with van der Waals surface area (Å²) in [5.41, 5.74) is 0. The quantitative estimate of drug-likeness (QED) is 0.598. The van der Waals surface area contributed by atoms with Gasteiger partial charge in [-0.1, -0.05) is 6.08 Å². The number of hydrogen-bond donors (Lipinski definition) is 0. The topological polar surface area (TPSA) is 21.6 Å². The van der Waals surface area contributed by atoms with Crippen LogP contribution in [0.1, 0.15) is 20.8 Å². The zero-order chi connectivity index (χ0) is 9.56. The van der Waals surface area contributed by atoms with Crippen LogP contribution in [-0.2, 0) is 4.74 Å². The molecule has 0 amide bonds. The second-order valence-corrected chi connectivity index (χ2v) is 2.63. The SMILES string of the molecule is C/C=C\C(F)=NC(C)[C@H](C)OC. The second-order valence-electron chi connectivity index (χ2n) is 2.63. The summed E-state index contributed by atoms with van der Waals surface area (Å²) in [6, 6.07) is -0.147. The van der Waals surface area contributed by atoms with Crippen molar-refractivity contribution in [3.63, 3.8) is 0 Å². The Bertz CT molecular complexity index is 177. The molecule has 0 rings (SSSR count). The molecule has 1 unspecified atom stereocenters. The number of aliphatic imine (C=N–C) groups is 1. The van der Waals surface area contributed by atoms with Gasteiger partial charge in [-0.3, -0.25) is 4.99 Å². The molecular formula is C9H16FNO. The Morgan fingerprint density at radius 1 is 1.50 bits per heavy atom. The molecule has 0 saturated heterocycles. The predicted octanol–water partition coefficient (Wildman–Crippen LogP) is 2.35. The number of hydrogen-bond acceptors (Lipinski definition) is 2. The Labute approximate surface area is 73.1 Å². The van der Waals surface area contributed by atoms with Gasteiger partial charge in [0.05, 0.1) is 12.1 Å². The van der Waals surface area contributed by atoms with Gasteiger partial charge in [0.15, 0.2) is 0 Å². The number of methoxy groups -OCH3 is 1. The molecule has 70 valence electrons. The highest BCUT2D eigenvalue weighted by molar-refractivity contribution is 5.86. The van der Waals surface area contributed by atoms with Gasteiger partial charge < -0.3 is 4.74 Å². The fourth-order valence-electron chi connectivity index (χ4n) is 0.677. The lowest BCUT2D eigenvalue weighted by atomic mass is 10.2. The maximum Gasteiger partial charge on any atom is 0.208 e. The maximum atomic E-state index is 12.8. The Morgan fingerprint density at radius 2 is 2.08 bits per heavy atom. The molecule has 0 heterocycles. The molecule has 2 atom stereocenters. The van der Waals surface area contributed by atoms with Crippen molar-refractivity contribution in [3.05, 3.63) is 12.2 Å². The van der Waals surface area contributed by atoms with Gasteiger partial charge in [0.2, 0.25) is 5.97 Å². The van der Waals surface area contributed by atoms with Crippen molar-refractivity contribution < 1.29 is 9.13 Å². The van der Waals surface area contributed by atoms with Crippen LogP contribution in [0, 0.1) is 0 Å². The number of ether oxygens (including phenoxy) is 1. The highest BCUT2D eigenvalue weighted by Gasteiger charge is 2.09. The molecule has 0 radical (unpaired) electrons. The second kappa shape index (κ2) is 5.89. The third-order valence-corrected chi connectivity index (χ3v) is 1.68. The van der Waals surface area contributed by atoms with E-state index < -0.39 is 5.97 Å². The highest BCUT2D eigenvalue weighted by Crippen LogP contribution is 2.02. The largest absolute Gasteiger partial charge is 0.380 e. The van der Waals surface area contributed by atoms with Crippen LogP contribution in [-0.4, -0.2) is 25.2 Å². The van der Waals surface area contributed by atoms with Crippen LogP contribution in [0.5, 0.6) is 0 Å². The molecule has 2 nitrogen and oxygen atoms in total. The van der Waals surface area contributed by atoms with E-state index >= 15 is 0 Å². The van der Waals surface area contributed by atoms with E-state index in [1.165, 1.54) is 6.08 Å². The van der Waals surface area contributed by atoms with Gasteiger partial charge >= 0.3 is 0 Å². The minimum absolute atomic E-state index is 0.0546. The summed E-state index contributed by atoms with van der Waals surface area (Å²) in [7, 11) is 1.59. The van der Waals surface area contributed by atoms with Crippen molar-refractivity contribution >= 4 is 5.97 Å².